The van der Waals surface area contributed by atoms with Gasteiger partial charge in [0.15, 0.2) is 0 Å². The van der Waals surface area contributed by atoms with E-state index in [-0.39, 0.29) is 5.60 Å². The highest BCUT2D eigenvalue weighted by Crippen LogP contribution is 2.37. The van der Waals surface area contributed by atoms with E-state index in [0.717, 1.165) is 65.6 Å². The molecule has 144 valence electrons. The summed E-state index contributed by atoms with van der Waals surface area (Å²) in [6.45, 7) is 1.96. The number of thiophene rings is 1. The molecule has 4 heterocycles. The fourth-order valence-corrected chi connectivity index (χ4v) is 4.59. The first kappa shape index (κ1) is 17.5. The molecule has 2 aromatic heterocycles. The Bertz CT molecular complexity index is 986. The van der Waals surface area contributed by atoms with Gasteiger partial charge in [0.1, 0.15) is 17.0 Å². The second-order valence-electron chi connectivity index (χ2n) is 7.25. The molecule has 0 aliphatic carbocycles. The molecule has 7 heteroatoms. The van der Waals surface area contributed by atoms with Crippen LogP contribution in [0.1, 0.15) is 24.8 Å². The molecular formula is C21H22N4O2S. The molecule has 1 spiro atoms. The van der Waals surface area contributed by atoms with Gasteiger partial charge in [0.2, 0.25) is 0 Å². The lowest BCUT2D eigenvalue weighted by atomic mass is 9.86. The number of rotatable bonds is 4. The molecule has 1 saturated heterocycles. The normalized spacial score (nSPS) is 18.1. The van der Waals surface area contributed by atoms with Crippen molar-refractivity contribution in [3.8, 4) is 22.0 Å². The first-order valence-electron chi connectivity index (χ1n) is 9.50. The Hall–Kier alpha value is -2.64. The standard InChI is InChI=1S/C21H22N4O2S/c1-26-16-6-4-15(5-7-16)25-14-17(20(23-25)19-3-2-12-28-19)18-13-21(27-24-18)8-10-22-11-9-21/h2-7,12,14,22H,8-11,13H2,1H3. The third-order valence-corrected chi connectivity index (χ3v) is 6.35. The largest absolute Gasteiger partial charge is 0.497 e. The molecule has 1 N–H and O–H groups in total. The third-order valence-electron chi connectivity index (χ3n) is 5.47. The molecule has 0 saturated carbocycles. The van der Waals surface area contributed by atoms with Crippen molar-refractivity contribution in [2.45, 2.75) is 24.9 Å². The quantitative estimate of drug-likeness (QED) is 0.730. The van der Waals surface area contributed by atoms with Gasteiger partial charge in [-0.2, -0.15) is 5.10 Å². The molecule has 0 bridgehead atoms. The Balaban J connectivity index is 1.52. The molecule has 6 nitrogen and oxygen atoms in total. The van der Waals surface area contributed by atoms with Crippen molar-refractivity contribution in [2.24, 2.45) is 5.16 Å². The molecule has 1 aromatic carbocycles. The molecule has 0 atom stereocenters. The minimum Gasteiger partial charge on any atom is -0.497 e. The summed E-state index contributed by atoms with van der Waals surface area (Å²) < 4.78 is 7.19. The van der Waals surface area contributed by atoms with E-state index < -0.39 is 0 Å². The zero-order valence-electron chi connectivity index (χ0n) is 15.7. The van der Waals surface area contributed by atoms with Gasteiger partial charge in [-0.1, -0.05) is 11.2 Å². The molecule has 1 fully saturated rings. The Morgan fingerprint density at radius 3 is 2.71 bits per heavy atom. The molecule has 2 aliphatic rings. The zero-order chi connectivity index (χ0) is 19.0. The second-order valence-corrected chi connectivity index (χ2v) is 8.20. The summed E-state index contributed by atoms with van der Waals surface area (Å²) in [5, 5.41) is 14.9. The van der Waals surface area contributed by atoms with E-state index >= 15 is 0 Å². The van der Waals surface area contributed by atoms with E-state index in [9.17, 15) is 0 Å². The summed E-state index contributed by atoms with van der Waals surface area (Å²) in [4.78, 5) is 7.10. The minimum atomic E-state index is -0.157. The van der Waals surface area contributed by atoms with Gasteiger partial charge in [-0.05, 0) is 48.8 Å². The molecular weight excluding hydrogens is 372 g/mol. The Morgan fingerprint density at radius 1 is 1.18 bits per heavy atom. The summed E-state index contributed by atoms with van der Waals surface area (Å²) in [7, 11) is 1.67. The van der Waals surface area contributed by atoms with Crippen LogP contribution in [-0.2, 0) is 4.84 Å². The highest BCUT2D eigenvalue weighted by Gasteiger charge is 2.41. The number of aromatic nitrogens is 2. The van der Waals surface area contributed by atoms with Gasteiger partial charge >= 0.3 is 0 Å². The SMILES string of the molecule is COc1ccc(-n2cc(C3=NOC4(CCNCC4)C3)c(-c3cccs3)n2)cc1. The van der Waals surface area contributed by atoms with E-state index in [1.54, 1.807) is 18.4 Å². The van der Waals surface area contributed by atoms with Gasteiger partial charge < -0.3 is 14.9 Å². The number of benzene rings is 1. The van der Waals surface area contributed by atoms with Crippen LogP contribution in [0.4, 0.5) is 0 Å². The zero-order valence-corrected chi connectivity index (χ0v) is 16.5. The summed E-state index contributed by atoms with van der Waals surface area (Å²) in [6.07, 6.45) is 4.88. The fraction of sp³-hybridized carbons (Fsp3) is 0.333. The van der Waals surface area contributed by atoms with Crippen LogP contribution in [0.15, 0.2) is 53.1 Å². The van der Waals surface area contributed by atoms with Crippen LogP contribution in [-0.4, -0.2) is 41.3 Å². The van der Waals surface area contributed by atoms with Crippen LogP contribution in [0.25, 0.3) is 16.3 Å². The van der Waals surface area contributed by atoms with Crippen LogP contribution in [0.5, 0.6) is 5.75 Å². The second kappa shape index (κ2) is 7.07. The number of nitrogens with one attached hydrogen (secondary N) is 1. The van der Waals surface area contributed by atoms with Crippen molar-refractivity contribution in [1.29, 1.82) is 0 Å². The highest BCUT2D eigenvalue weighted by atomic mass is 32.1. The maximum Gasteiger partial charge on any atom is 0.145 e. The molecule has 0 unspecified atom stereocenters. The lowest BCUT2D eigenvalue weighted by Crippen LogP contribution is -2.42. The number of ether oxygens (including phenoxy) is 1. The maximum absolute atomic E-state index is 5.96. The maximum atomic E-state index is 5.96. The number of piperidine rings is 1. The van der Waals surface area contributed by atoms with Gasteiger partial charge in [0, 0.05) is 31.0 Å². The molecule has 28 heavy (non-hydrogen) atoms. The first-order chi connectivity index (χ1) is 13.8. The van der Waals surface area contributed by atoms with Crippen LogP contribution >= 0.6 is 11.3 Å². The summed E-state index contributed by atoms with van der Waals surface area (Å²) in [5.74, 6) is 0.830. The number of methoxy groups -OCH3 is 1. The Kier molecular flexibility index (Phi) is 4.41. The smallest absolute Gasteiger partial charge is 0.145 e. The van der Waals surface area contributed by atoms with E-state index in [1.165, 1.54) is 0 Å². The van der Waals surface area contributed by atoms with Crippen LogP contribution in [0, 0.1) is 0 Å². The minimum absolute atomic E-state index is 0.157. The van der Waals surface area contributed by atoms with Crippen LogP contribution < -0.4 is 10.1 Å². The summed E-state index contributed by atoms with van der Waals surface area (Å²) in [5.41, 5.74) is 3.83. The lowest BCUT2D eigenvalue weighted by Gasteiger charge is -2.30. The van der Waals surface area contributed by atoms with Crippen molar-refractivity contribution in [2.75, 3.05) is 20.2 Å². The number of nitrogens with zero attached hydrogens (tertiary/aromatic N) is 3. The van der Waals surface area contributed by atoms with Crippen LogP contribution in [0.3, 0.4) is 0 Å². The van der Waals surface area contributed by atoms with E-state index in [2.05, 4.69) is 34.2 Å². The molecule has 0 amide bonds. The van der Waals surface area contributed by atoms with Gasteiger partial charge in [-0.3, -0.25) is 0 Å². The van der Waals surface area contributed by atoms with Crippen molar-refractivity contribution in [1.82, 2.24) is 15.1 Å². The Labute approximate surface area is 167 Å². The van der Waals surface area contributed by atoms with Gasteiger partial charge in [-0.15, -0.1) is 11.3 Å². The molecule has 3 aromatic rings. The average Bonchev–Trinajstić information content (AvgIpc) is 3.48. The average molecular weight is 395 g/mol. The van der Waals surface area contributed by atoms with Gasteiger partial charge in [0.25, 0.3) is 0 Å². The fourth-order valence-electron chi connectivity index (χ4n) is 3.86. The number of hydrogen-bond donors (Lipinski definition) is 1. The van der Waals surface area contributed by atoms with E-state index in [0.29, 0.717) is 0 Å². The predicted molar refractivity (Wildman–Crippen MR) is 111 cm³/mol. The lowest BCUT2D eigenvalue weighted by molar-refractivity contribution is -0.0400. The van der Waals surface area contributed by atoms with Gasteiger partial charge in [0.05, 0.1) is 23.4 Å². The van der Waals surface area contributed by atoms with Crippen molar-refractivity contribution in [3.63, 3.8) is 0 Å². The van der Waals surface area contributed by atoms with Crippen molar-refractivity contribution >= 4 is 17.0 Å². The third kappa shape index (κ3) is 3.10. The predicted octanol–water partition coefficient (Wildman–Crippen LogP) is 3.86. The van der Waals surface area contributed by atoms with Crippen molar-refractivity contribution < 1.29 is 9.57 Å². The van der Waals surface area contributed by atoms with E-state index in [1.807, 2.05) is 28.9 Å². The van der Waals surface area contributed by atoms with Crippen LogP contribution in [0.2, 0.25) is 0 Å². The molecule has 0 radical (unpaired) electrons. The molecule has 5 rings (SSSR count). The summed E-state index contributed by atoms with van der Waals surface area (Å²) in [6, 6.07) is 12.1. The first-order valence-corrected chi connectivity index (χ1v) is 10.4. The monoisotopic (exact) mass is 394 g/mol. The van der Waals surface area contributed by atoms with E-state index in [4.69, 9.17) is 14.7 Å². The topological polar surface area (TPSA) is 60.7 Å². The summed E-state index contributed by atoms with van der Waals surface area (Å²) >= 11 is 1.69. The Morgan fingerprint density at radius 2 is 2.00 bits per heavy atom. The van der Waals surface area contributed by atoms with Crippen molar-refractivity contribution in [3.05, 3.63) is 53.5 Å². The van der Waals surface area contributed by atoms with Gasteiger partial charge in [-0.25, -0.2) is 4.68 Å². The number of hydrogen-bond acceptors (Lipinski definition) is 6. The highest BCUT2D eigenvalue weighted by molar-refractivity contribution is 7.13. The molecule has 2 aliphatic heterocycles. The number of oxime groups is 1.